The number of hydrogen-bond acceptors (Lipinski definition) is 6. The third-order valence-corrected chi connectivity index (χ3v) is 5.48. The number of aryl methyl sites for hydroxylation is 1. The molecule has 5 rings (SSSR count). The van der Waals surface area contributed by atoms with E-state index >= 15 is 0 Å². The summed E-state index contributed by atoms with van der Waals surface area (Å²) >= 11 is 0. The molecule has 2 aromatic carbocycles. The van der Waals surface area contributed by atoms with Crippen LogP contribution in [0.3, 0.4) is 0 Å². The van der Waals surface area contributed by atoms with Gasteiger partial charge in [-0.15, -0.1) is 0 Å². The van der Waals surface area contributed by atoms with Gasteiger partial charge in [0, 0.05) is 31.1 Å². The maximum absolute atomic E-state index is 12.9. The number of carbonyl (C=O) groups excluding carboxylic acids is 1. The summed E-state index contributed by atoms with van der Waals surface area (Å²) < 4.78 is 23.3. The van der Waals surface area contributed by atoms with Gasteiger partial charge in [-0.25, -0.2) is 0 Å². The van der Waals surface area contributed by atoms with E-state index in [-0.39, 0.29) is 12.7 Å². The summed E-state index contributed by atoms with van der Waals surface area (Å²) in [6.07, 6.45) is 0.617. The van der Waals surface area contributed by atoms with Crippen molar-refractivity contribution in [3.63, 3.8) is 0 Å². The second-order valence-corrected chi connectivity index (χ2v) is 7.21. The Morgan fingerprint density at radius 3 is 2.70 bits per heavy atom. The van der Waals surface area contributed by atoms with Crippen molar-refractivity contribution in [3.05, 3.63) is 52.7 Å². The monoisotopic (exact) mass is 407 g/mol. The van der Waals surface area contributed by atoms with Crippen LogP contribution in [0.4, 0.5) is 0 Å². The predicted molar refractivity (Wildman–Crippen MR) is 108 cm³/mol. The van der Waals surface area contributed by atoms with Crippen LogP contribution >= 0.6 is 0 Å². The molecule has 0 atom stereocenters. The van der Waals surface area contributed by atoms with Crippen LogP contribution in [0.1, 0.15) is 27.2 Å². The molecular weight excluding hydrogens is 386 g/mol. The lowest BCUT2D eigenvalue weighted by atomic mass is 10.1. The molecule has 0 fully saturated rings. The highest BCUT2D eigenvalue weighted by molar-refractivity contribution is 5.97. The van der Waals surface area contributed by atoms with Crippen LogP contribution in [0.25, 0.3) is 11.3 Å². The molecule has 0 unspecified atom stereocenters. The summed E-state index contributed by atoms with van der Waals surface area (Å²) in [4.78, 5) is 12.9. The Bertz CT molecular complexity index is 1170. The fraction of sp³-hybridized carbons (Fsp3) is 0.273. The van der Waals surface area contributed by atoms with E-state index < -0.39 is 0 Å². The molecule has 0 saturated carbocycles. The Labute approximate surface area is 173 Å². The summed E-state index contributed by atoms with van der Waals surface area (Å²) in [5.41, 5.74) is 5.29. The Hall–Kier alpha value is -3.68. The van der Waals surface area contributed by atoms with Gasteiger partial charge in [-0.05, 0) is 35.4 Å². The van der Waals surface area contributed by atoms with Crippen LogP contribution < -0.4 is 24.3 Å². The minimum absolute atomic E-state index is 0.212. The third-order valence-electron chi connectivity index (χ3n) is 5.48. The van der Waals surface area contributed by atoms with Gasteiger partial charge in [0.15, 0.2) is 28.7 Å². The summed E-state index contributed by atoms with van der Waals surface area (Å²) in [5, 5.41) is 7.45. The first-order valence-corrected chi connectivity index (χ1v) is 9.57. The van der Waals surface area contributed by atoms with E-state index in [1.54, 1.807) is 18.9 Å². The maximum atomic E-state index is 12.9. The molecule has 30 heavy (non-hydrogen) atoms. The topological polar surface area (TPSA) is 83.8 Å². The average molecular weight is 407 g/mol. The number of amides is 1. The first-order valence-electron chi connectivity index (χ1n) is 9.57. The number of hydrogen-bond donors (Lipinski definition) is 1. The van der Waals surface area contributed by atoms with Crippen LogP contribution in [0, 0.1) is 0 Å². The lowest BCUT2D eigenvalue weighted by Crippen LogP contribution is -2.24. The van der Waals surface area contributed by atoms with Gasteiger partial charge in [0.05, 0.1) is 19.9 Å². The van der Waals surface area contributed by atoms with Gasteiger partial charge < -0.3 is 24.3 Å². The summed E-state index contributed by atoms with van der Waals surface area (Å²) in [5.74, 6) is 2.52. The van der Waals surface area contributed by atoms with E-state index in [1.807, 2.05) is 37.4 Å². The largest absolute Gasteiger partial charge is 0.493 e. The Kier molecular flexibility index (Phi) is 4.27. The van der Waals surface area contributed by atoms with Gasteiger partial charge >= 0.3 is 0 Å². The molecule has 8 nitrogen and oxygen atoms in total. The van der Waals surface area contributed by atoms with E-state index in [9.17, 15) is 4.79 Å². The quantitative estimate of drug-likeness (QED) is 0.548. The number of ether oxygens (including phenoxy) is 4. The number of rotatable bonds is 5. The van der Waals surface area contributed by atoms with Crippen molar-refractivity contribution in [2.45, 2.75) is 13.0 Å². The van der Waals surface area contributed by atoms with Crippen LogP contribution in [0.2, 0.25) is 0 Å². The van der Waals surface area contributed by atoms with E-state index in [2.05, 4.69) is 10.4 Å². The standard InChI is InChI=1S/C22H21N3O5/c1-25-21-14-9-18(28-3)17(27-2)8-13(14)7-15(21)20(24-25)22(26)23-10-12-4-5-16-19(6-12)30-11-29-16/h4-6,8-9H,7,10-11H2,1-3H3,(H,23,26). The van der Waals surface area contributed by atoms with Crippen molar-refractivity contribution in [1.29, 1.82) is 0 Å². The normalized spacial score (nSPS) is 13.0. The van der Waals surface area contributed by atoms with Crippen molar-refractivity contribution >= 4 is 5.91 Å². The highest BCUT2D eigenvalue weighted by Gasteiger charge is 2.31. The number of nitrogens with one attached hydrogen (secondary N) is 1. The number of methoxy groups -OCH3 is 2. The van der Waals surface area contributed by atoms with Gasteiger partial charge in [-0.1, -0.05) is 6.07 Å². The Balaban J connectivity index is 1.40. The van der Waals surface area contributed by atoms with Crippen LogP contribution in [0.15, 0.2) is 30.3 Å². The first kappa shape index (κ1) is 18.4. The minimum atomic E-state index is -0.212. The van der Waals surface area contributed by atoms with Crippen molar-refractivity contribution in [3.8, 4) is 34.3 Å². The molecule has 1 N–H and O–H groups in total. The SMILES string of the molecule is COc1cc2c(cc1OC)-c1c(c(C(=O)NCc3ccc4c(c3)OCO4)nn1C)C2. The van der Waals surface area contributed by atoms with Gasteiger partial charge in [-0.2, -0.15) is 5.10 Å². The Morgan fingerprint density at radius 2 is 1.90 bits per heavy atom. The minimum Gasteiger partial charge on any atom is -0.493 e. The highest BCUT2D eigenvalue weighted by atomic mass is 16.7. The molecule has 0 radical (unpaired) electrons. The molecule has 0 saturated heterocycles. The molecular formula is C22H21N3O5. The van der Waals surface area contributed by atoms with Crippen molar-refractivity contribution < 1.29 is 23.7 Å². The van der Waals surface area contributed by atoms with E-state index in [4.69, 9.17) is 18.9 Å². The van der Waals surface area contributed by atoms with Gasteiger partial charge in [0.2, 0.25) is 6.79 Å². The fourth-order valence-electron chi connectivity index (χ4n) is 4.05. The molecule has 8 heteroatoms. The number of nitrogens with zero attached hydrogens (tertiary/aromatic N) is 2. The molecule has 0 bridgehead atoms. The predicted octanol–water partition coefficient (Wildman–Crippen LogP) is 2.67. The lowest BCUT2D eigenvalue weighted by Gasteiger charge is -2.11. The number of carbonyl (C=O) groups is 1. The highest BCUT2D eigenvalue weighted by Crippen LogP contribution is 2.43. The molecule has 0 spiro atoms. The second kappa shape index (κ2) is 6.98. The molecule has 1 amide bonds. The van der Waals surface area contributed by atoms with Crippen LogP contribution in [-0.2, 0) is 20.0 Å². The van der Waals surface area contributed by atoms with Crippen molar-refractivity contribution in [2.75, 3.05) is 21.0 Å². The summed E-state index contributed by atoms with van der Waals surface area (Å²) in [6.45, 7) is 0.594. The molecule has 3 aromatic rings. The van der Waals surface area contributed by atoms with Crippen molar-refractivity contribution in [1.82, 2.24) is 15.1 Å². The van der Waals surface area contributed by atoms with Gasteiger partial charge in [0.25, 0.3) is 5.91 Å². The Morgan fingerprint density at radius 1 is 1.13 bits per heavy atom. The van der Waals surface area contributed by atoms with Crippen LogP contribution in [-0.4, -0.2) is 36.7 Å². The number of benzene rings is 2. The maximum Gasteiger partial charge on any atom is 0.272 e. The molecule has 2 aliphatic rings. The summed E-state index contributed by atoms with van der Waals surface area (Å²) in [7, 11) is 5.07. The lowest BCUT2D eigenvalue weighted by molar-refractivity contribution is 0.0944. The molecule has 154 valence electrons. The number of fused-ring (bicyclic) bond motifs is 4. The van der Waals surface area contributed by atoms with E-state index in [0.29, 0.717) is 35.9 Å². The molecule has 2 heterocycles. The molecule has 1 aromatic heterocycles. The average Bonchev–Trinajstić information content (AvgIpc) is 3.45. The fourth-order valence-corrected chi connectivity index (χ4v) is 4.05. The smallest absolute Gasteiger partial charge is 0.272 e. The van der Waals surface area contributed by atoms with Gasteiger partial charge in [-0.3, -0.25) is 9.48 Å². The van der Waals surface area contributed by atoms with Gasteiger partial charge in [0.1, 0.15) is 0 Å². The molecule has 1 aliphatic heterocycles. The molecule has 1 aliphatic carbocycles. The van der Waals surface area contributed by atoms with Crippen molar-refractivity contribution in [2.24, 2.45) is 7.05 Å². The van der Waals surface area contributed by atoms with E-state index in [1.165, 1.54) is 0 Å². The van der Waals surface area contributed by atoms with Crippen LogP contribution in [0.5, 0.6) is 23.0 Å². The van der Waals surface area contributed by atoms with E-state index in [0.717, 1.165) is 33.7 Å². The third kappa shape index (κ3) is 2.83. The summed E-state index contributed by atoms with van der Waals surface area (Å²) in [6, 6.07) is 9.53. The first-order chi connectivity index (χ1) is 14.6. The zero-order chi connectivity index (χ0) is 20.8. The zero-order valence-corrected chi connectivity index (χ0v) is 16.9. The number of aromatic nitrogens is 2. The zero-order valence-electron chi connectivity index (χ0n) is 16.9. The second-order valence-electron chi connectivity index (χ2n) is 7.21.